The molecule has 0 radical (unpaired) electrons. The summed E-state index contributed by atoms with van der Waals surface area (Å²) in [5.74, 6) is 0.784. The standard InChI is InChI=1S/C12H14O2/c1-7-5-10(6-8(2)11(7)13)12(14)9-3-4-9/h5-6,9,13H,3-4H2,1-2H3. The minimum Gasteiger partial charge on any atom is -0.507 e. The van der Waals surface area contributed by atoms with Gasteiger partial charge in [-0.2, -0.15) is 0 Å². The second-order valence-corrected chi connectivity index (χ2v) is 4.10. The fourth-order valence-electron chi connectivity index (χ4n) is 1.68. The van der Waals surface area contributed by atoms with Gasteiger partial charge in [-0.1, -0.05) is 0 Å². The Labute approximate surface area is 83.6 Å². The van der Waals surface area contributed by atoms with Gasteiger partial charge in [-0.25, -0.2) is 0 Å². The van der Waals surface area contributed by atoms with E-state index in [0.29, 0.717) is 5.75 Å². The van der Waals surface area contributed by atoms with Crippen LogP contribution in [0.25, 0.3) is 0 Å². The number of aryl methyl sites for hydroxylation is 2. The van der Waals surface area contributed by atoms with Gasteiger partial charge in [0.05, 0.1) is 0 Å². The summed E-state index contributed by atoms with van der Waals surface area (Å²) in [6.07, 6.45) is 2.05. The molecule has 2 nitrogen and oxygen atoms in total. The summed E-state index contributed by atoms with van der Waals surface area (Å²) in [6.45, 7) is 3.65. The molecule has 2 rings (SSSR count). The predicted molar refractivity (Wildman–Crippen MR) is 54.6 cm³/mol. The van der Waals surface area contributed by atoms with Gasteiger partial charge in [-0.3, -0.25) is 4.79 Å². The molecule has 0 unspecified atom stereocenters. The van der Waals surface area contributed by atoms with Gasteiger partial charge in [0.25, 0.3) is 0 Å². The fraction of sp³-hybridized carbons (Fsp3) is 0.417. The van der Waals surface area contributed by atoms with E-state index in [2.05, 4.69) is 0 Å². The predicted octanol–water partition coefficient (Wildman–Crippen LogP) is 2.60. The number of carbonyl (C=O) groups is 1. The minimum atomic E-state index is 0.233. The van der Waals surface area contributed by atoms with Crippen LogP contribution in [0.1, 0.15) is 34.3 Å². The molecule has 1 aliphatic carbocycles. The first-order chi connectivity index (χ1) is 6.59. The SMILES string of the molecule is Cc1cc(C(=O)C2CC2)cc(C)c1O. The van der Waals surface area contributed by atoms with Crippen molar-refractivity contribution < 1.29 is 9.90 Å². The van der Waals surface area contributed by atoms with Crippen LogP contribution in [0.2, 0.25) is 0 Å². The van der Waals surface area contributed by atoms with Crippen LogP contribution >= 0.6 is 0 Å². The first-order valence-corrected chi connectivity index (χ1v) is 4.94. The molecule has 1 aromatic rings. The zero-order valence-corrected chi connectivity index (χ0v) is 8.50. The third-order valence-electron chi connectivity index (χ3n) is 2.72. The number of benzene rings is 1. The summed E-state index contributed by atoms with van der Waals surface area (Å²) >= 11 is 0. The zero-order valence-electron chi connectivity index (χ0n) is 8.50. The molecular weight excluding hydrogens is 176 g/mol. The third-order valence-corrected chi connectivity index (χ3v) is 2.72. The zero-order chi connectivity index (χ0) is 10.3. The monoisotopic (exact) mass is 190 g/mol. The molecular formula is C12H14O2. The van der Waals surface area contributed by atoms with Gasteiger partial charge in [0.2, 0.25) is 0 Å². The van der Waals surface area contributed by atoms with Gasteiger partial charge in [-0.05, 0) is 49.9 Å². The van der Waals surface area contributed by atoms with E-state index in [4.69, 9.17) is 0 Å². The Hall–Kier alpha value is -1.31. The highest BCUT2D eigenvalue weighted by Crippen LogP contribution is 2.34. The molecule has 74 valence electrons. The van der Waals surface area contributed by atoms with Crippen LogP contribution in [0.15, 0.2) is 12.1 Å². The molecule has 1 fully saturated rings. The summed E-state index contributed by atoms with van der Waals surface area (Å²) in [7, 11) is 0. The average Bonchev–Trinajstić information content (AvgIpc) is 2.95. The maximum absolute atomic E-state index is 11.7. The number of hydrogen-bond donors (Lipinski definition) is 1. The van der Waals surface area contributed by atoms with Crippen LogP contribution in [0.3, 0.4) is 0 Å². The Kier molecular flexibility index (Phi) is 2.06. The van der Waals surface area contributed by atoms with Crippen LogP contribution in [-0.4, -0.2) is 10.9 Å². The number of ketones is 1. The molecule has 0 heterocycles. The number of aromatic hydroxyl groups is 1. The van der Waals surface area contributed by atoms with E-state index in [-0.39, 0.29) is 11.7 Å². The number of phenols is 1. The number of Topliss-reactive ketones (excluding diaryl/α,β-unsaturated/α-hetero) is 1. The molecule has 0 saturated heterocycles. The van der Waals surface area contributed by atoms with Gasteiger partial charge < -0.3 is 5.11 Å². The summed E-state index contributed by atoms with van der Waals surface area (Å²) < 4.78 is 0. The molecule has 14 heavy (non-hydrogen) atoms. The van der Waals surface area contributed by atoms with Crippen molar-refractivity contribution in [2.75, 3.05) is 0 Å². The maximum atomic E-state index is 11.7. The highest BCUT2D eigenvalue weighted by atomic mass is 16.3. The van der Waals surface area contributed by atoms with E-state index in [1.807, 2.05) is 13.8 Å². The molecule has 0 bridgehead atoms. The van der Waals surface area contributed by atoms with Crippen molar-refractivity contribution in [1.29, 1.82) is 0 Å². The lowest BCUT2D eigenvalue weighted by molar-refractivity contribution is 0.0967. The first-order valence-electron chi connectivity index (χ1n) is 4.94. The van der Waals surface area contributed by atoms with Gasteiger partial charge in [-0.15, -0.1) is 0 Å². The highest BCUT2D eigenvalue weighted by molar-refractivity contribution is 5.99. The average molecular weight is 190 g/mol. The molecule has 0 spiro atoms. The molecule has 0 aromatic heterocycles. The van der Waals surface area contributed by atoms with E-state index in [9.17, 15) is 9.90 Å². The van der Waals surface area contributed by atoms with Crippen LogP contribution in [-0.2, 0) is 0 Å². The van der Waals surface area contributed by atoms with Gasteiger partial charge in [0.1, 0.15) is 5.75 Å². The molecule has 0 aliphatic heterocycles. The van der Waals surface area contributed by atoms with Crippen LogP contribution in [0, 0.1) is 19.8 Å². The van der Waals surface area contributed by atoms with Gasteiger partial charge in [0, 0.05) is 11.5 Å². The van der Waals surface area contributed by atoms with E-state index in [1.54, 1.807) is 12.1 Å². The van der Waals surface area contributed by atoms with Crippen molar-refractivity contribution in [3.8, 4) is 5.75 Å². The fourth-order valence-corrected chi connectivity index (χ4v) is 1.68. The molecule has 0 atom stereocenters. The van der Waals surface area contributed by atoms with E-state index >= 15 is 0 Å². The summed E-state index contributed by atoms with van der Waals surface area (Å²) in [4.78, 5) is 11.7. The van der Waals surface area contributed by atoms with Gasteiger partial charge >= 0.3 is 0 Å². The Balaban J connectivity index is 2.39. The number of carbonyl (C=O) groups excluding carboxylic acids is 1. The summed E-state index contributed by atoms with van der Waals surface area (Å²) in [5.41, 5.74) is 2.32. The van der Waals surface area contributed by atoms with Crippen molar-refractivity contribution >= 4 is 5.78 Å². The Morgan fingerprint density at radius 1 is 1.29 bits per heavy atom. The van der Waals surface area contributed by atoms with Crippen LogP contribution in [0.5, 0.6) is 5.75 Å². The van der Waals surface area contributed by atoms with Crippen molar-refractivity contribution in [3.63, 3.8) is 0 Å². The van der Waals surface area contributed by atoms with E-state index in [0.717, 1.165) is 29.5 Å². The largest absolute Gasteiger partial charge is 0.507 e. The Morgan fingerprint density at radius 2 is 1.79 bits per heavy atom. The Morgan fingerprint density at radius 3 is 2.21 bits per heavy atom. The number of hydrogen-bond acceptors (Lipinski definition) is 2. The van der Waals surface area contributed by atoms with Crippen molar-refractivity contribution in [2.24, 2.45) is 5.92 Å². The lowest BCUT2D eigenvalue weighted by atomic mass is 10.0. The smallest absolute Gasteiger partial charge is 0.165 e. The summed E-state index contributed by atoms with van der Waals surface area (Å²) in [6, 6.07) is 3.56. The highest BCUT2D eigenvalue weighted by Gasteiger charge is 2.30. The van der Waals surface area contributed by atoms with Crippen molar-refractivity contribution in [1.82, 2.24) is 0 Å². The molecule has 2 heteroatoms. The molecule has 1 aliphatic rings. The molecule has 0 amide bonds. The second-order valence-electron chi connectivity index (χ2n) is 4.10. The quantitative estimate of drug-likeness (QED) is 0.728. The summed E-state index contributed by atoms with van der Waals surface area (Å²) in [5, 5.41) is 9.56. The Bertz CT molecular complexity index is 366. The first kappa shape index (κ1) is 9.25. The third kappa shape index (κ3) is 1.52. The lowest BCUT2D eigenvalue weighted by Crippen LogP contribution is -2.02. The van der Waals surface area contributed by atoms with E-state index < -0.39 is 0 Å². The topological polar surface area (TPSA) is 37.3 Å². The van der Waals surface area contributed by atoms with Crippen molar-refractivity contribution in [2.45, 2.75) is 26.7 Å². The lowest BCUT2D eigenvalue weighted by Gasteiger charge is -2.06. The minimum absolute atomic E-state index is 0.233. The molecule has 1 N–H and O–H groups in total. The second kappa shape index (κ2) is 3.12. The van der Waals surface area contributed by atoms with Crippen LogP contribution < -0.4 is 0 Å². The van der Waals surface area contributed by atoms with Crippen LogP contribution in [0.4, 0.5) is 0 Å². The molecule has 1 aromatic carbocycles. The molecule has 1 saturated carbocycles. The number of rotatable bonds is 2. The van der Waals surface area contributed by atoms with Crippen molar-refractivity contribution in [3.05, 3.63) is 28.8 Å². The maximum Gasteiger partial charge on any atom is 0.165 e. The number of phenolic OH excluding ortho intramolecular Hbond substituents is 1. The van der Waals surface area contributed by atoms with E-state index in [1.165, 1.54) is 0 Å². The van der Waals surface area contributed by atoms with Gasteiger partial charge in [0.15, 0.2) is 5.78 Å². The normalized spacial score (nSPS) is 15.6.